The van der Waals surface area contributed by atoms with E-state index in [9.17, 15) is 0 Å². The van der Waals surface area contributed by atoms with E-state index in [1.807, 2.05) is 36.4 Å². The van der Waals surface area contributed by atoms with Crippen LogP contribution in [0.3, 0.4) is 0 Å². The van der Waals surface area contributed by atoms with Crippen molar-refractivity contribution >= 4 is 61.7 Å². The van der Waals surface area contributed by atoms with Gasteiger partial charge in [0.2, 0.25) is 0 Å². The molecule has 0 aliphatic carbocycles. The average molecular weight is 618 g/mol. The largest absolute Gasteiger partial charge is 0.310 e. The predicted molar refractivity (Wildman–Crippen MR) is 206 cm³/mol. The lowest BCUT2D eigenvalue weighted by Gasteiger charge is -2.27. The van der Waals surface area contributed by atoms with Crippen LogP contribution in [-0.4, -0.2) is 0 Å². The summed E-state index contributed by atoms with van der Waals surface area (Å²) in [7, 11) is 0. The zero-order valence-electron chi connectivity index (χ0n) is 29.3. The highest BCUT2D eigenvalue weighted by molar-refractivity contribution is 6.00. The third-order valence-electron chi connectivity index (χ3n) is 8.88. The van der Waals surface area contributed by atoms with Crippen LogP contribution < -0.4 is 9.80 Å². The van der Waals surface area contributed by atoms with Crippen molar-refractivity contribution in [3.8, 4) is 11.1 Å². The molecule has 0 aliphatic heterocycles. The maximum Gasteiger partial charge on any atom is 0.0623 e. The van der Waals surface area contributed by atoms with Crippen LogP contribution in [0.15, 0.2) is 195 Å². The summed E-state index contributed by atoms with van der Waals surface area (Å²) in [4.78, 5) is 4.54. The van der Waals surface area contributed by atoms with E-state index in [0.29, 0.717) is 5.56 Å². The Balaban J connectivity index is 1.16. The Morgan fingerprint density at radius 3 is 1.27 bits per heavy atom. The molecule has 0 spiro atoms. The molecule has 2 heteroatoms. The Kier molecular flexibility index (Phi) is 6.86. The van der Waals surface area contributed by atoms with E-state index in [1.54, 1.807) is 0 Å². The summed E-state index contributed by atoms with van der Waals surface area (Å²) in [5.41, 5.74) is 9.04. The molecule has 0 atom stereocenters. The minimum Gasteiger partial charge on any atom is -0.310 e. The van der Waals surface area contributed by atoms with Crippen LogP contribution in [0.25, 0.3) is 38.7 Å². The third-order valence-corrected chi connectivity index (χ3v) is 8.88. The Labute approximate surface area is 286 Å². The van der Waals surface area contributed by atoms with Gasteiger partial charge in [-0.3, -0.25) is 0 Å². The summed E-state index contributed by atoms with van der Waals surface area (Å²) in [6, 6.07) is 64.9. The third kappa shape index (κ3) is 5.50. The molecule has 0 bridgehead atoms. The lowest BCUT2D eigenvalue weighted by Crippen LogP contribution is -2.10. The average Bonchev–Trinajstić information content (AvgIpc) is 3.19. The minimum absolute atomic E-state index is 0.0994. The molecule has 0 heterocycles. The molecular weight excluding hydrogens is 581 g/mol. The summed E-state index contributed by atoms with van der Waals surface area (Å²) in [5.74, 6) is 0. The molecule has 8 rings (SSSR count). The second-order valence-corrected chi connectivity index (χ2v) is 11.8. The Morgan fingerprint density at radius 1 is 0.396 bits per heavy atom. The van der Waals surface area contributed by atoms with Crippen LogP contribution in [-0.2, 0) is 0 Å². The molecule has 0 N–H and O–H groups in total. The van der Waals surface area contributed by atoms with E-state index in [4.69, 9.17) is 4.11 Å². The van der Waals surface area contributed by atoms with E-state index in [1.165, 1.54) is 10.8 Å². The Morgan fingerprint density at radius 2 is 0.792 bits per heavy atom. The summed E-state index contributed by atoms with van der Waals surface area (Å²) >= 11 is 0. The van der Waals surface area contributed by atoms with Crippen LogP contribution in [0.2, 0.25) is 0 Å². The molecule has 0 saturated heterocycles. The summed E-state index contributed by atoms with van der Waals surface area (Å²) in [6.07, 6.45) is 0. The van der Waals surface area contributed by atoms with Gasteiger partial charge in [0, 0.05) is 33.5 Å². The number of fused-ring (bicyclic) bond motifs is 2. The molecule has 0 radical (unpaired) electrons. The first-order valence-electron chi connectivity index (χ1n) is 17.6. The summed E-state index contributed by atoms with van der Waals surface area (Å²) < 4.78 is 23.3. The van der Waals surface area contributed by atoms with Crippen LogP contribution in [0.4, 0.5) is 34.1 Å². The number of rotatable bonds is 8. The monoisotopic (exact) mass is 617 g/mol. The zero-order valence-corrected chi connectivity index (χ0v) is 26.3. The van der Waals surface area contributed by atoms with Crippen LogP contribution in [0, 0.1) is 0 Å². The topological polar surface area (TPSA) is 6.48 Å². The highest BCUT2D eigenvalue weighted by Crippen LogP contribution is 2.41. The second kappa shape index (κ2) is 12.8. The van der Waals surface area contributed by atoms with Crippen LogP contribution in [0.5, 0.6) is 0 Å². The normalized spacial score (nSPS) is 11.8. The van der Waals surface area contributed by atoms with Crippen molar-refractivity contribution < 1.29 is 4.11 Å². The van der Waals surface area contributed by atoms with Gasteiger partial charge < -0.3 is 9.80 Å². The fourth-order valence-corrected chi connectivity index (χ4v) is 6.54. The molecule has 8 aromatic carbocycles. The van der Waals surface area contributed by atoms with Gasteiger partial charge in [-0.15, -0.1) is 0 Å². The van der Waals surface area contributed by atoms with Crippen LogP contribution >= 0.6 is 0 Å². The first-order valence-corrected chi connectivity index (χ1v) is 16.1. The van der Waals surface area contributed by atoms with Gasteiger partial charge in [0.05, 0.1) is 15.5 Å². The van der Waals surface area contributed by atoms with Gasteiger partial charge in [0.1, 0.15) is 0 Å². The number of nitrogens with zero attached hydrogens (tertiary/aromatic N) is 2. The van der Waals surface area contributed by atoms with Crippen molar-refractivity contribution in [2.75, 3.05) is 9.80 Å². The fourth-order valence-electron chi connectivity index (χ4n) is 6.54. The van der Waals surface area contributed by atoms with Crippen LogP contribution in [0.1, 0.15) is 9.68 Å². The second-order valence-electron chi connectivity index (χ2n) is 11.8. The molecule has 0 aromatic heterocycles. The highest BCUT2D eigenvalue weighted by atomic mass is 15.1. The first-order chi connectivity index (χ1) is 25.0. The molecule has 0 saturated carbocycles. The smallest absolute Gasteiger partial charge is 0.0623 e. The quantitative estimate of drug-likeness (QED) is 0.167. The van der Waals surface area contributed by atoms with E-state index < -0.39 is 6.53 Å². The molecule has 0 fully saturated rings. The van der Waals surface area contributed by atoms with E-state index in [0.717, 1.165) is 56.0 Å². The van der Waals surface area contributed by atoms with Gasteiger partial charge in [-0.1, -0.05) is 140 Å². The Hall–Kier alpha value is -6.38. The molecule has 48 heavy (non-hydrogen) atoms. The SMILES string of the molecule is [2H]C([2H])=C([2H])c1ccc(N(c2ccc(-c3ccc(N(c4ccccc4)c4cccc5ccccc45)cc3)cc2)c2cccc3ccccc23)cc1. The zero-order chi connectivity index (χ0) is 34.7. The molecule has 8 aromatic rings. The van der Waals surface area contributed by atoms with Gasteiger partial charge in [-0.2, -0.15) is 0 Å². The molecular formula is C46H34N2. The van der Waals surface area contributed by atoms with Gasteiger partial charge in [0.25, 0.3) is 0 Å². The van der Waals surface area contributed by atoms with Crippen molar-refractivity contribution in [3.05, 3.63) is 200 Å². The number of anilines is 6. The summed E-state index contributed by atoms with van der Waals surface area (Å²) in [5, 5.41) is 4.67. The van der Waals surface area contributed by atoms with E-state index >= 15 is 0 Å². The van der Waals surface area contributed by atoms with Crippen molar-refractivity contribution in [1.29, 1.82) is 0 Å². The van der Waals surface area contributed by atoms with Crippen molar-refractivity contribution in [2.45, 2.75) is 0 Å². The van der Waals surface area contributed by atoms with E-state index in [-0.39, 0.29) is 6.05 Å². The molecule has 228 valence electrons. The first kappa shape index (κ1) is 25.8. The lowest BCUT2D eigenvalue weighted by atomic mass is 10.0. The number of benzene rings is 8. The molecule has 0 unspecified atom stereocenters. The van der Waals surface area contributed by atoms with Crippen molar-refractivity contribution in [3.63, 3.8) is 0 Å². The highest BCUT2D eigenvalue weighted by Gasteiger charge is 2.17. The van der Waals surface area contributed by atoms with Crippen molar-refractivity contribution in [2.24, 2.45) is 0 Å². The molecule has 0 amide bonds. The summed E-state index contributed by atoms with van der Waals surface area (Å²) in [6.45, 7) is -0.501. The Bertz CT molecular complexity index is 2480. The number of hydrogen-bond donors (Lipinski definition) is 0. The molecule has 2 nitrogen and oxygen atoms in total. The van der Waals surface area contributed by atoms with Gasteiger partial charge in [-0.25, -0.2) is 0 Å². The fraction of sp³-hybridized carbons (Fsp3) is 0. The number of para-hydroxylation sites is 1. The van der Waals surface area contributed by atoms with Crippen molar-refractivity contribution in [1.82, 2.24) is 0 Å². The van der Waals surface area contributed by atoms with Gasteiger partial charge in [-0.05, 0) is 88.1 Å². The minimum atomic E-state index is -0.501. The maximum absolute atomic E-state index is 8.13. The number of hydrogen-bond acceptors (Lipinski definition) is 2. The maximum atomic E-state index is 8.13. The van der Waals surface area contributed by atoms with E-state index in [2.05, 4.69) is 161 Å². The lowest BCUT2D eigenvalue weighted by molar-refractivity contribution is 1.29. The van der Waals surface area contributed by atoms with Gasteiger partial charge >= 0.3 is 0 Å². The standard InChI is InChI=1S/C46H34N2/c1-2-34-22-28-40(29-23-34)48(46-21-11-15-38-13-7-9-19-44(38)46)42-32-26-36(27-33-42)35-24-30-41(31-25-35)47(39-16-4-3-5-17-39)45-20-10-14-37-12-6-8-18-43(37)45/h2-33H,1H2/i1D2,2D. The molecule has 0 aliphatic rings. The van der Waals surface area contributed by atoms with Gasteiger partial charge in [0.15, 0.2) is 0 Å². The predicted octanol–water partition coefficient (Wildman–Crippen LogP) is 13.2.